The van der Waals surface area contributed by atoms with Gasteiger partial charge in [0.2, 0.25) is 0 Å². The van der Waals surface area contributed by atoms with Gasteiger partial charge in [-0.2, -0.15) is 0 Å². The highest BCUT2D eigenvalue weighted by molar-refractivity contribution is 6.31. The summed E-state index contributed by atoms with van der Waals surface area (Å²) in [6.45, 7) is 6.16. The molecule has 0 spiro atoms. The summed E-state index contributed by atoms with van der Waals surface area (Å²) in [7, 11) is 2.00. The molecule has 2 aromatic rings. The lowest BCUT2D eigenvalue weighted by Gasteiger charge is -2.34. The molecule has 1 saturated heterocycles. The molecule has 0 unspecified atom stereocenters. The molecule has 1 saturated carbocycles. The predicted molar refractivity (Wildman–Crippen MR) is 119 cm³/mol. The first-order valence-electron chi connectivity index (χ1n) is 11.1. The highest BCUT2D eigenvalue weighted by Crippen LogP contribution is 2.30. The van der Waals surface area contributed by atoms with Gasteiger partial charge in [0.1, 0.15) is 5.02 Å². The van der Waals surface area contributed by atoms with E-state index in [9.17, 15) is 4.79 Å². The molecule has 1 aromatic carbocycles. The SMILES string of the molecule is Cn1c(CN2CCN(CCCc3ccccc3)CC2)c(Cl)c(=O)n1C1CCCC1. The monoisotopic (exact) mass is 416 g/mol. The molecular weight excluding hydrogens is 384 g/mol. The fourth-order valence-corrected chi connectivity index (χ4v) is 5.17. The molecule has 2 aliphatic rings. The summed E-state index contributed by atoms with van der Waals surface area (Å²) in [5, 5.41) is 0.421. The zero-order valence-corrected chi connectivity index (χ0v) is 18.3. The standard InChI is InChI=1S/C23H33ClN4O/c1-25-21(22(24)23(29)28(25)20-11-5-6-12-20)18-27-16-14-26(15-17-27)13-7-10-19-8-3-2-4-9-19/h2-4,8-9,20H,5-7,10-18H2,1H3. The Morgan fingerprint density at radius 1 is 1.00 bits per heavy atom. The molecule has 0 radical (unpaired) electrons. The van der Waals surface area contributed by atoms with Crippen molar-refractivity contribution in [2.24, 2.45) is 7.05 Å². The van der Waals surface area contributed by atoms with Crippen molar-refractivity contribution in [3.8, 4) is 0 Å². The fraction of sp³-hybridized carbons (Fsp3) is 0.609. The average Bonchev–Trinajstić information content (AvgIpc) is 3.33. The van der Waals surface area contributed by atoms with E-state index in [0.29, 0.717) is 11.1 Å². The molecule has 2 fully saturated rings. The molecule has 1 aromatic heterocycles. The van der Waals surface area contributed by atoms with Gasteiger partial charge in [0.25, 0.3) is 5.56 Å². The Kier molecular flexibility index (Phi) is 6.78. The van der Waals surface area contributed by atoms with E-state index in [1.165, 1.54) is 24.8 Å². The van der Waals surface area contributed by atoms with Gasteiger partial charge >= 0.3 is 0 Å². The molecule has 4 rings (SSSR count). The van der Waals surface area contributed by atoms with Crippen LogP contribution in [0.15, 0.2) is 35.1 Å². The van der Waals surface area contributed by atoms with Crippen molar-refractivity contribution < 1.29 is 0 Å². The quantitative estimate of drug-likeness (QED) is 0.689. The van der Waals surface area contributed by atoms with E-state index in [0.717, 1.165) is 64.2 Å². The van der Waals surface area contributed by atoms with Gasteiger partial charge in [0, 0.05) is 39.8 Å². The van der Waals surface area contributed by atoms with Crippen LogP contribution in [0.5, 0.6) is 0 Å². The van der Waals surface area contributed by atoms with Crippen LogP contribution < -0.4 is 5.56 Å². The van der Waals surface area contributed by atoms with Crippen molar-refractivity contribution in [1.29, 1.82) is 0 Å². The first-order valence-corrected chi connectivity index (χ1v) is 11.5. The first-order chi connectivity index (χ1) is 14.1. The third kappa shape index (κ3) is 4.79. The smallest absolute Gasteiger partial charge is 0.286 e. The normalized spacial score (nSPS) is 19.2. The highest BCUT2D eigenvalue weighted by atomic mass is 35.5. The van der Waals surface area contributed by atoms with Crippen LogP contribution in [0.25, 0.3) is 0 Å². The Bertz CT molecular complexity index is 846. The maximum atomic E-state index is 12.7. The molecular formula is C23H33ClN4O. The molecule has 29 heavy (non-hydrogen) atoms. The van der Waals surface area contributed by atoms with Crippen LogP contribution in [-0.2, 0) is 20.0 Å². The van der Waals surface area contributed by atoms with Gasteiger partial charge in [-0.25, -0.2) is 4.68 Å². The Labute approximate surface area is 178 Å². The van der Waals surface area contributed by atoms with E-state index in [-0.39, 0.29) is 5.56 Å². The van der Waals surface area contributed by atoms with Crippen LogP contribution in [0.4, 0.5) is 0 Å². The molecule has 1 aliphatic carbocycles. The maximum absolute atomic E-state index is 12.7. The molecule has 0 atom stereocenters. The van der Waals surface area contributed by atoms with E-state index >= 15 is 0 Å². The molecule has 0 bridgehead atoms. The average molecular weight is 417 g/mol. The zero-order chi connectivity index (χ0) is 20.2. The van der Waals surface area contributed by atoms with Crippen molar-refractivity contribution in [2.75, 3.05) is 32.7 Å². The summed E-state index contributed by atoms with van der Waals surface area (Å²) in [6, 6.07) is 11.1. The predicted octanol–water partition coefficient (Wildman–Crippen LogP) is 3.71. The number of hydrogen-bond donors (Lipinski definition) is 0. The van der Waals surface area contributed by atoms with Gasteiger partial charge in [-0.15, -0.1) is 0 Å². The van der Waals surface area contributed by atoms with Gasteiger partial charge < -0.3 is 4.90 Å². The lowest BCUT2D eigenvalue weighted by Crippen LogP contribution is -2.46. The lowest BCUT2D eigenvalue weighted by molar-refractivity contribution is 0.123. The van der Waals surface area contributed by atoms with Crippen molar-refractivity contribution >= 4 is 11.6 Å². The largest absolute Gasteiger partial charge is 0.301 e. The third-order valence-corrected chi connectivity index (χ3v) is 7.03. The van der Waals surface area contributed by atoms with Crippen LogP contribution in [0.3, 0.4) is 0 Å². The molecule has 158 valence electrons. The van der Waals surface area contributed by atoms with Crippen LogP contribution >= 0.6 is 11.6 Å². The van der Waals surface area contributed by atoms with E-state index in [1.807, 2.05) is 16.4 Å². The number of benzene rings is 1. The van der Waals surface area contributed by atoms with Gasteiger partial charge in [-0.3, -0.25) is 14.4 Å². The minimum atomic E-state index is -0.00406. The van der Waals surface area contributed by atoms with E-state index in [1.54, 1.807) is 0 Å². The second-order valence-electron chi connectivity index (χ2n) is 8.58. The number of nitrogens with zero attached hydrogens (tertiary/aromatic N) is 4. The molecule has 0 amide bonds. The van der Waals surface area contributed by atoms with E-state index < -0.39 is 0 Å². The van der Waals surface area contributed by atoms with Gasteiger partial charge in [-0.1, -0.05) is 54.8 Å². The van der Waals surface area contributed by atoms with Crippen LogP contribution in [0, 0.1) is 0 Å². The summed E-state index contributed by atoms with van der Waals surface area (Å²) in [4.78, 5) is 17.7. The topological polar surface area (TPSA) is 33.4 Å². The Hall–Kier alpha value is -1.56. The zero-order valence-electron chi connectivity index (χ0n) is 17.5. The lowest BCUT2D eigenvalue weighted by atomic mass is 10.1. The number of hydrogen-bond acceptors (Lipinski definition) is 3. The van der Waals surface area contributed by atoms with Crippen LogP contribution in [0.1, 0.15) is 49.4 Å². The fourth-order valence-electron chi connectivity index (χ4n) is 4.90. The summed E-state index contributed by atoms with van der Waals surface area (Å²) < 4.78 is 3.94. The highest BCUT2D eigenvalue weighted by Gasteiger charge is 2.26. The summed E-state index contributed by atoms with van der Waals surface area (Å²) in [6.07, 6.45) is 6.95. The Morgan fingerprint density at radius 3 is 2.34 bits per heavy atom. The number of aromatic nitrogens is 2. The minimum Gasteiger partial charge on any atom is -0.301 e. The van der Waals surface area contributed by atoms with Crippen molar-refractivity contribution in [3.05, 3.63) is 57.0 Å². The maximum Gasteiger partial charge on any atom is 0.286 e. The summed E-state index contributed by atoms with van der Waals surface area (Å²) in [5.41, 5.74) is 2.39. The molecule has 1 aliphatic heterocycles. The second-order valence-corrected chi connectivity index (χ2v) is 8.96. The first kappa shape index (κ1) is 20.7. The van der Waals surface area contributed by atoms with Crippen molar-refractivity contribution in [3.63, 3.8) is 0 Å². The van der Waals surface area contributed by atoms with E-state index in [4.69, 9.17) is 11.6 Å². The van der Waals surface area contributed by atoms with Crippen molar-refractivity contribution in [1.82, 2.24) is 19.2 Å². The summed E-state index contributed by atoms with van der Waals surface area (Å²) in [5.74, 6) is 0. The van der Waals surface area contributed by atoms with Crippen molar-refractivity contribution in [2.45, 2.75) is 51.1 Å². The third-order valence-electron chi connectivity index (χ3n) is 6.65. The Balaban J connectivity index is 1.28. The Morgan fingerprint density at radius 2 is 1.66 bits per heavy atom. The molecule has 2 heterocycles. The number of aryl methyl sites for hydroxylation is 1. The number of piperazine rings is 1. The van der Waals surface area contributed by atoms with Crippen LogP contribution in [-0.4, -0.2) is 51.9 Å². The van der Waals surface area contributed by atoms with E-state index in [2.05, 4.69) is 40.1 Å². The number of halogens is 1. The van der Waals surface area contributed by atoms with Gasteiger partial charge in [0.05, 0.1) is 11.7 Å². The van der Waals surface area contributed by atoms with Gasteiger partial charge in [-0.05, 0) is 37.8 Å². The molecule has 6 heteroatoms. The molecule has 0 N–H and O–H groups in total. The van der Waals surface area contributed by atoms with Gasteiger partial charge in [0.15, 0.2) is 0 Å². The minimum absolute atomic E-state index is 0.00406. The molecule has 5 nitrogen and oxygen atoms in total. The summed E-state index contributed by atoms with van der Waals surface area (Å²) >= 11 is 6.48. The number of rotatable bonds is 7. The van der Waals surface area contributed by atoms with Crippen LogP contribution in [0.2, 0.25) is 5.02 Å². The second kappa shape index (κ2) is 9.50.